The van der Waals surface area contributed by atoms with Crippen LogP contribution >= 0.6 is 0 Å². The molecule has 2 amide bonds. The summed E-state index contributed by atoms with van der Waals surface area (Å²) >= 11 is 0. The number of para-hydroxylation sites is 1. The fraction of sp³-hybridized carbons (Fsp3) is 0.167. The molecule has 29 heavy (non-hydrogen) atoms. The quantitative estimate of drug-likeness (QED) is 0.721. The standard InChI is InChI=1S/C24H22N2O3/c1-16-7-5-9-18(13-16)24(29)20-11-3-4-12-21(20)26(23(24)28)15-22(27)25-19-10-6-8-17(2)14-19/h3-14,29H,15H2,1-2H3,(H,25,27)/t24-/m0/s1. The van der Waals surface area contributed by atoms with Crippen molar-refractivity contribution in [3.63, 3.8) is 0 Å². The van der Waals surface area contributed by atoms with Crippen LogP contribution in [0.3, 0.4) is 0 Å². The number of rotatable bonds is 4. The largest absolute Gasteiger partial charge is 0.372 e. The number of anilines is 2. The first-order chi connectivity index (χ1) is 13.9. The molecule has 3 aromatic carbocycles. The highest BCUT2D eigenvalue weighted by Gasteiger charge is 2.51. The lowest BCUT2D eigenvalue weighted by Crippen LogP contribution is -2.44. The second-order valence-corrected chi connectivity index (χ2v) is 7.41. The predicted octanol–water partition coefficient (Wildman–Crippen LogP) is 3.52. The Hall–Kier alpha value is -3.44. The molecule has 0 saturated heterocycles. The van der Waals surface area contributed by atoms with Crippen LogP contribution in [0.4, 0.5) is 11.4 Å². The minimum Gasteiger partial charge on any atom is -0.372 e. The zero-order valence-electron chi connectivity index (χ0n) is 16.3. The van der Waals surface area contributed by atoms with Crippen molar-refractivity contribution in [2.75, 3.05) is 16.8 Å². The summed E-state index contributed by atoms with van der Waals surface area (Å²) in [6, 6.07) is 21.8. The summed E-state index contributed by atoms with van der Waals surface area (Å²) in [5.74, 6) is -0.851. The Morgan fingerprint density at radius 1 is 0.966 bits per heavy atom. The molecular formula is C24H22N2O3. The van der Waals surface area contributed by atoms with E-state index >= 15 is 0 Å². The van der Waals surface area contributed by atoms with E-state index in [0.717, 1.165) is 11.1 Å². The number of hydrogen-bond acceptors (Lipinski definition) is 3. The Bertz CT molecular complexity index is 1110. The molecule has 0 saturated carbocycles. The van der Waals surface area contributed by atoms with Gasteiger partial charge in [-0.25, -0.2) is 0 Å². The van der Waals surface area contributed by atoms with Crippen LogP contribution in [0.5, 0.6) is 0 Å². The number of hydrogen-bond donors (Lipinski definition) is 2. The summed E-state index contributed by atoms with van der Waals surface area (Å²) in [5, 5.41) is 14.3. The SMILES string of the molecule is Cc1cccc(NC(=O)CN2C(=O)[C@](O)(c3cccc(C)c3)c3ccccc32)c1. The summed E-state index contributed by atoms with van der Waals surface area (Å²) in [4.78, 5) is 27.3. The van der Waals surface area contributed by atoms with Gasteiger partial charge in [0.1, 0.15) is 6.54 Å². The molecule has 0 aliphatic carbocycles. The van der Waals surface area contributed by atoms with Gasteiger partial charge in [0.05, 0.1) is 5.69 Å². The molecule has 0 aromatic heterocycles. The van der Waals surface area contributed by atoms with Gasteiger partial charge >= 0.3 is 0 Å². The second kappa shape index (κ2) is 7.18. The summed E-state index contributed by atoms with van der Waals surface area (Å²) < 4.78 is 0. The van der Waals surface area contributed by atoms with Crippen molar-refractivity contribution < 1.29 is 14.7 Å². The summed E-state index contributed by atoms with van der Waals surface area (Å²) in [6.07, 6.45) is 0. The third kappa shape index (κ3) is 3.30. The number of carbonyl (C=O) groups is 2. The van der Waals surface area contributed by atoms with Gasteiger partial charge in [-0.05, 0) is 43.2 Å². The van der Waals surface area contributed by atoms with Crippen molar-refractivity contribution in [1.29, 1.82) is 0 Å². The predicted molar refractivity (Wildman–Crippen MR) is 113 cm³/mol. The van der Waals surface area contributed by atoms with Gasteiger partial charge in [-0.3, -0.25) is 14.5 Å². The Morgan fingerprint density at radius 3 is 2.38 bits per heavy atom. The summed E-state index contributed by atoms with van der Waals surface area (Å²) in [5.41, 5.74) is 2.35. The maximum Gasteiger partial charge on any atom is 0.268 e. The second-order valence-electron chi connectivity index (χ2n) is 7.41. The molecule has 0 radical (unpaired) electrons. The van der Waals surface area contributed by atoms with Crippen molar-refractivity contribution in [1.82, 2.24) is 0 Å². The molecule has 2 N–H and O–H groups in total. The average Bonchev–Trinajstić information content (AvgIpc) is 2.91. The summed E-state index contributed by atoms with van der Waals surface area (Å²) in [7, 11) is 0. The lowest BCUT2D eigenvalue weighted by atomic mass is 9.87. The minimum atomic E-state index is -1.81. The molecule has 5 heteroatoms. The third-order valence-corrected chi connectivity index (χ3v) is 5.18. The van der Waals surface area contributed by atoms with E-state index in [4.69, 9.17) is 0 Å². The Kier molecular flexibility index (Phi) is 4.68. The molecule has 146 valence electrons. The molecule has 4 rings (SSSR count). The van der Waals surface area contributed by atoms with Crippen molar-refractivity contribution >= 4 is 23.2 Å². The maximum atomic E-state index is 13.3. The lowest BCUT2D eigenvalue weighted by molar-refractivity contribution is -0.133. The molecule has 0 bridgehead atoms. The van der Waals surface area contributed by atoms with Crippen molar-refractivity contribution in [2.24, 2.45) is 0 Å². The fourth-order valence-corrected chi connectivity index (χ4v) is 3.81. The van der Waals surface area contributed by atoms with E-state index in [1.165, 1.54) is 4.90 Å². The van der Waals surface area contributed by atoms with Crippen LogP contribution in [-0.4, -0.2) is 23.5 Å². The van der Waals surface area contributed by atoms with E-state index in [0.29, 0.717) is 22.5 Å². The van der Waals surface area contributed by atoms with Gasteiger partial charge in [-0.15, -0.1) is 0 Å². The van der Waals surface area contributed by atoms with Crippen molar-refractivity contribution in [3.8, 4) is 0 Å². The number of fused-ring (bicyclic) bond motifs is 1. The van der Waals surface area contributed by atoms with Crippen LogP contribution in [0.1, 0.15) is 22.3 Å². The number of benzene rings is 3. The number of amides is 2. The van der Waals surface area contributed by atoms with Gasteiger partial charge in [0.25, 0.3) is 5.91 Å². The fourth-order valence-electron chi connectivity index (χ4n) is 3.81. The normalized spacial score (nSPS) is 17.9. The minimum absolute atomic E-state index is 0.183. The highest BCUT2D eigenvalue weighted by molar-refractivity contribution is 6.12. The van der Waals surface area contributed by atoms with Crippen LogP contribution in [-0.2, 0) is 15.2 Å². The van der Waals surface area contributed by atoms with Gasteiger partial charge in [-0.1, -0.05) is 60.2 Å². The zero-order valence-corrected chi connectivity index (χ0v) is 16.3. The number of aryl methyl sites for hydroxylation is 2. The maximum absolute atomic E-state index is 13.3. The first-order valence-electron chi connectivity index (χ1n) is 9.47. The lowest BCUT2D eigenvalue weighted by Gasteiger charge is -2.24. The molecule has 1 aliphatic heterocycles. The molecule has 0 spiro atoms. The third-order valence-electron chi connectivity index (χ3n) is 5.18. The van der Waals surface area contributed by atoms with Crippen molar-refractivity contribution in [3.05, 3.63) is 95.1 Å². The van der Waals surface area contributed by atoms with E-state index in [1.54, 1.807) is 42.5 Å². The van der Waals surface area contributed by atoms with Crippen LogP contribution in [0.25, 0.3) is 0 Å². The zero-order chi connectivity index (χ0) is 20.6. The molecule has 3 aromatic rings. The Balaban J connectivity index is 1.67. The van der Waals surface area contributed by atoms with Crippen LogP contribution < -0.4 is 10.2 Å². The first kappa shape index (κ1) is 18.9. The van der Waals surface area contributed by atoms with Crippen molar-refractivity contribution in [2.45, 2.75) is 19.4 Å². The number of nitrogens with one attached hydrogen (secondary N) is 1. The van der Waals surface area contributed by atoms with Gasteiger partial charge in [-0.2, -0.15) is 0 Å². The first-order valence-corrected chi connectivity index (χ1v) is 9.47. The van der Waals surface area contributed by atoms with Gasteiger partial charge < -0.3 is 10.4 Å². The smallest absolute Gasteiger partial charge is 0.268 e. The monoisotopic (exact) mass is 386 g/mol. The number of carbonyl (C=O) groups excluding carboxylic acids is 2. The van der Waals surface area contributed by atoms with Gasteiger partial charge in [0.2, 0.25) is 5.91 Å². The Morgan fingerprint density at radius 2 is 1.66 bits per heavy atom. The number of nitrogens with zero attached hydrogens (tertiary/aromatic N) is 1. The van der Waals surface area contributed by atoms with Crippen LogP contribution in [0, 0.1) is 13.8 Å². The van der Waals surface area contributed by atoms with Gasteiger partial charge in [0, 0.05) is 11.3 Å². The topological polar surface area (TPSA) is 69.6 Å². The molecule has 5 nitrogen and oxygen atoms in total. The van der Waals surface area contributed by atoms with E-state index < -0.39 is 11.5 Å². The molecule has 1 aliphatic rings. The number of aliphatic hydroxyl groups is 1. The van der Waals surface area contributed by atoms with E-state index in [2.05, 4.69) is 5.32 Å². The highest BCUT2D eigenvalue weighted by atomic mass is 16.3. The molecule has 0 unspecified atom stereocenters. The molecule has 0 fully saturated rings. The summed E-state index contributed by atoms with van der Waals surface area (Å²) in [6.45, 7) is 3.67. The van der Waals surface area contributed by atoms with Gasteiger partial charge in [0.15, 0.2) is 5.60 Å². The van der Waals surface area contributed by atoms with E-state index in [9.17, 15) is 14.7 Å². The molecule has 1 heterocycles. The highest BCUT2D eigenvalue weighted by Crippen LogP contribution is 2.44. The van der Waals surface area contributed by atoms with E-state index in [1.807, 2.05) is 44.2 Å². The Labute approximate surface area is 169 Å². The molecular weight excluding hydrogens is 364 g/mol. The van der Waals surface area contributed by atoms with Crippen LogP contribution in [0.2, 0.25) is 0 Å². The van der Waals surface area contributed by atoms with E-state index in [-0.39, 0.29) is 12.5 Å². The molecule has 1 atom stereocenters. The average molecular weight is 386 g/mol. The van der Waals surface area contributed by atoms with Crippen LogP contribution in [0.15, 0.2) is 72.8 Å².